The van der Waals surface area contributed by atoms with Crippen molar-refractivity contribution >= 4 is 66.7 Å². The molecule has 2 aromatic carbocycles. The number of ketones is 1. The zero-order chi connectivity index (χ0) is 42.7. The van der Waals surface area contributed by atoms with Crippen molar-refractivity contribution in [3.63, 3.8) is 0 Å². The summed E-state index contributed by atoms with van der Waals surface area (Å²) >= 11 is 0. The number of likely N-dealkylation sites (N-methyl/N-ethyl adjacent to an activating group) is 2. The molecule has 2 heterocycles. The van der Waals surface area contributed by atoms with Crippen LogP contribution >= 0.6 is 43.2 Å². The number of unbranched alkanes of at least 4 members (excludes halogenated alkanes) is 2. The highest BCUT2D eigenvalue weighted by Gasteiger charge is 2.62. The van der Waals surface area contributed by atoms with E-state index in [9.17, 15) is 19.2 Å². The van der Waals surface area contributed by atoms with Gasteiger partial charge in [-0.2, -0.15) is 0 Å². The van der Waals surface area contributed by atoms with E-state index in [1.54, 1.807) is 0 Å². The molecule has 2 saturated heterocycles. The average molecular weight is 886 g/mol. The Hall–Kier alpha value is -2.12. The van der Waals surface area contributed by atoms with E-state index >= 15 is 0 Å². The maximum atomic E-state index is 13.3. The standard InChI is InChI=1S/C24H35NO2S2.C15H22N2O.C8H14O2S2/c1-3-25(4-2)23(27)24(19-10-6-5-7-11-19)18-20(24)14-15-21(26)12-8-9-13-22-16-17-28-29-22;1-3-17(4-2)14(18)15(10-13(15)11-16)12-8-6-5-7-9-12;9-8(10)4-2-1-3-7-5-6-11-12-7/h5-7,10-11,20,22H,3-4,8-9,12-18H2,1-2H3;5-9,13H,3-4,10-11,16H2,1-2H3;7H,1-6H2,(H,9,10)/t20-,22-,24-;13-,15+;7-/m101/s1. The van der Waals surface area contributed by atoms with Crippen molar-refractivity contribution in [1.29, 1.82) is 0 Å². The van der Waals surface area contributed by atoms with Crippen molar-refractivity contribution in [2.75, 3.05) is 44.2 Å². The number of carboxylic acid groups (broad SMARTS) is 1. The van der Waals surface area contributed by atoms with Crippen molar-refractivity contribution in [3.8, 4) is 0 Å². The highest BCUT2D eigenvalue weighted by Crippen LogP contribution is 2.58. The minimum absolute atomic E-state index is 0.245. The lowest BCUT2D eigenvalue weighted by Crippen LogP contribution is -2.40. The third kappa shape index (κ3) is 14.2. The van der Waals surface area contributed by atoms with Gasteiger partial charge in [0.1, 0.15) is 5.78 Å². The molecule has 12 heteroatoms. The van der Waals surface area contributed by atoms with Crippen LogP contribution in [0, 0.1) is 11.8 Å². The molecule has 0 bridgehead atoms. The molecular formula is C47H71N3O5S4. The molecule has 0 unspecified atom stereocenters. The molecule has 59 heavy (non-hydrogen) atoms. The zero-order valence-electron chi connectivity index (χ0n) is 36.1. The van der Waals surface area contributed by atoms with Crippen LogP contribution in [0.3, 0.4) is 0 Å². The highest BCUT2D eigenvalue weighted by molar-refractivity contribution is 8.77. The maximum Gasteiger partial charge on any atom is 0.303 e. The van der Waals surface area contributed by atoms with Crippen molar-refractivity contribution in [3.05, 3.63) is 71.8 Å². The molecule has 4 aliphatic rings. The van der Waals surface area contributed by atoms with Crippen LogP contribution in [0.5, 0.6) is 0 Å². The first-order chi connectivity index (χ1) is 28.6. The largest absolute Gasteiger partial charge is 0.481 e. The van der Waals surface area contributed by atoms with Gasteiger partial charge in [0.05, 0.1) is 10.8 Å². The number of aliphatic carboxylic acids is 1. The van der Waals surface area contributed by atoms with E-state index in [4.69, 9.17) is 10.8 Å². The summed E-state index contributed by atoms with van der Waals surface area (Å²) in [5, 5.41) is 10.00. The third-order valence-corrected chi connectivity index (χ3v) is 18.6. The van der Waals surface area contributed by atoms with E-state index in [1.165, 1.54) is 43.6 Å². The normalized spacial score (nSPS) is 25.2. The van der Waals surface area contributed by atoms with Crippen molar-refractivity contribution in [2.24, 2.45) is 17.6 Å². The Morgan fingerprint density at radius 1 is 0.627 bits per heavy atom. The van der Waals surface area contributed by atoms with E-state index in [1.807, 2.05) is 117 Å². The molecule has 6 atom stereocenters. The molecule has 0 spiro atoms. The first-order valence-electron chi connectivity index (χ1n) is 22.3. The van der Waals surface area contributed by atoms with E-state index in [0.29, 0.717) is 43.4 Å². The van der Waals surface area contributed by atoms with Crippen LogP contribution in [-0.2, 0) is 30.0 Å². The van der Waals surface area contributed by atoms with Gasteiger partial charge in [0.15, 0.2) is 0 Å². The Kier molecular flexibility index (Phi) is 21.6. The molecule has 8 nitrogen and oxygen atoms in total. The van der Waals surface area contributed by atoms with Gasteiger partial charge >= 0.3 is 5.97 Å². The predicted molar refractivity (Wildman–Crippen MR) is 253 cm³/mol. The molecule has 0 aromatic heterocycles. The van der Waals surface area contributed by atoms with E-state index in [0.717, 1.165) is 86.3 Å². The van der Waals surface area contributed by atoms with Gasteiger partial charge in [-0.25, -0.2) is 0 Å². The second-order valence-electron chi connectivity index (χ2n) is 16.3. The number of carbonyl (C=O) groups excluding carboxylic acids is 3. The lowest BCUT2D eigenvalue weighted by atomic mass is 9.89. The Bertz CT molecular complexity index is 1570. The van der Waals surface area contributed by atoms with Crippen molar-refractivity contribution in [2.45, 2.75) is 139 Å². The summed E-state index contributed by atoms with van der Waals surface area (Å²) in [7, 11) is 7.93. The predicted octanol–water partition coefficient (Wildman–Crippen LogP) is 10.4. The van der Waals surface area contributed by atoms with Gasteiger partial charge in [0.2, 0.25) is 11.8 Å². The first kappa shape index (κ1) is 49.5. The number of carbonyl (C=O) groups is 4. The molecule has 4 fully saturated rings. The summed E-state index contributed by atoms with van der Waals surface area (Å²) < 4.78 is 0. The van der Waals surface area contributed by atoms with E-state index in [2.05, 4.69) is 24.3 Å². The number of hydrogen-bond acceptors (Lipinski definition) is 9. The molecule has 6 rings (SSSR count). The summed E-state index contributed by atoms with van der Waals surface area (Å²) in [6.07, 6.45) is 13.5. The molecule has 2 aliphatic heterocycles. The van der Waals surface area contributed by atoms with Gasteiger partial charge < -0.3 is 20.6 Å². The fourth-order valence-corrected chi connectivity index (χ4v) is 14.8. The van der Waals surface area contributed by atoms with Crippen LogP contribution < -0.4 is 5.73 Å². The van der Waals surface area contributed by atoms with Gasteiger partial charge in [-0.05, 0) is 115 Å². The van der Waals surface area contributed by atoms with Crippen molar-refractivity contribution in [1.82, 2.24) is 9.80 Å². The van der Waals surface area contributed by atoms with Crippen LogP contribution in [-0.4, -0.2) is 93.2 Å². The Morgan fingerprint density at radius 2 is 1.07 bits per heavy atom. The maximum absolute atomic E-state index is 13.3. The summed E-state index contributed by atoms with van der Waals surface area (Å²) in [6, 6.07) is 20.3. The Balaban J connectivity index is 0.000000217. The van der Waals surface area contributed by atoms with Gasteiger partial charge in [-0.3, -0.25) is 19.2 Å². The topological polar surface area (TPSA) is 121 Å². The summed E-state index contributed by atoms with van der Waals surface area (Å²) in [5.41, 5.74) is 7.30. The number of Topliss-reactive ketones (excluding diaryl/α,β-unsaturated/α-hetero) is 1. The van der Waals surface area contributed by atoms with Crippen LogP contribution in [0.2, 0.25) is 0 Å². The Morgan fingerprint density at radius 3 is 1.46 bits per heavy atom. The summed E-state index contributed by atoms with van der Waals surface area (Å²) in [5.74, 6) is 3.36. The smallest absolute Gasteiger partial charge is 0.303 e. The van der Waals surface area contributed by atoms with Crippen molar-refractivity contribution < 1.29 is 24.3 Å². The zero-order valence-corrected chi connectivity index (χ0v) is 39.4. The van der Waals surface area contributed by atoms with Crippen LogP contribution in [0.15, 0.2) is 60.7 Å². The minimum atomic E-state index is -0.663. The second-order valence-corrected chi connectivity index (χ2v) is 21.9. The van der Waals surface area contributed by atoms with Crippen LogP contribution in [0.4, 0.5) is 0 Å². The number of nitrogens with zero attached hydrogens (tertiary/aromatic N) is 2. The van der Waals surface area contributed by atoms with Crippen LogP contribution in [0.1, 0.15) is 129 Å². The molecule has 0 radical (unpaired) electrons. The molecular weight excluding hydrogens is 815 g/mol. The fraction of sp³-hybridized carbons (Fsp3) is 0.660. The van der Waals surface area contributed by atoms with Gasteiger partial charge in [-0.1, -0.05) is 117 Å². The molecule has 328 valence electrons. The van der Waals surface area contributed by atoms with Gasteiger partial charge in [0, 0.05) is 67.4 Å². The number of amides is 2. The SMILES string of the molecule is CCN(CC)C(=O)[C@@]1(c2ccccc2)C[C@H]1CCC(=O)CCCC[C@@H]1CCSS1.CCN(CC)C(=O)[C@@]1(c2ccccc2)C[C@H]1CN.O=C(O)CCCC[C@@H]1CCSS1. The number of hydrogen-bond donors (Lipinski definition) is 2. The summed E-state index contributed by atoms with van der Waals surface area (Å²) in [4.78, 5) is 52.5. The molecule has 2 aromatic rings. The third-order valence-electron chi connectivity index (χ3n) is 12.6. The molecule has 3 N–H and O–H groups in total. The van der Waals surface area contributed by atoms with Gasteiger partial charge in [0.25, 0.3) is 0 Å². The molecule has 2 saturated carbocycles. The number of nitrogens with two attached hydrogens (primary N) is 1. The number of benzene rings is 2. The lowest BCUT2D eigenvalue weighted by molar-refractivity contribution is -0.137. The number of rotatable bonds is 22. The van der Waals surface area contributed by atoms with Crippen LogP contribution in [0.25, 0.3) is 0 Å². The fourth-order valence-electron chi connectivity index (χ4n) is 8.76. The molecule has 2 amide bonds. The lowest BCUT2D eigenvalue weighted by Gasteiger charge is -2.26. The monoisotopic (exact) mass is 885 g/mol. The van der Waals surface area contributed by atoms with Gasteiger partial charge in [-0.15, -0.1) is 0 Å². The Labute approximate surface area is 371 Å². The minimum Gasteiger partial charge on any atom is -0.481 e. The number of carboxylic acids is 1. The quantitative estimate of drug-likeness (QED) is 0.0873. The molecule has 2 aliphatic carbocycles. The summed E-state index contributed by atoms with van der Waals surface area (Å²) in [6.45, 7) is 11.7. The first-order valence-corrected chi connectivity index (χ1v) is 27.1. The average Bonchev–Trinajstić information content (AvgIpc) is 4.00. The second kappa shape index (κ2) is 25.7. The van der Waals surface area contributed by atoms with E-state index < -0.39 is 11.4 Å². The van der Waals surface area contributed by atoms with E-state index in [-0.39, 0.29) is 17.2 Å². The highest BCUT2D eigenvalue weighted by atomic mass is 33.1.